The van der Waals surface area contributed by atoms with Crippen LogP contribution in [-0.4, -0.2) is 87.7 Å². The van der Waals surface area contributed by atoms with Crippen LogP contribution in [0.2, 0.25) is 0 Å². The highest BCUT2D eigenvalue weighted by Gasteiger charge is 2.18. The quantitative estimate of drug-likeness (QED) is 0.227. The van der Waals surface area contributed by atoms with Gasteiger partial charge in [0.15, 0.2) is 11.5 Å². The third kappa shape index (κ3) is 8.68. The number of ether oxygens (including phenoxy) is 4. The van der Waals surface area contributed by atoms with E-state index in [1.807, 2.05) is 36.4 Å². The van der Waals surface area contributed by atoms with Crippen LogP contribution in [0.1, 0.15) is 23.2 Å². The molecule has 12 heteroatoms. The smallest absolute Gasteiger partial charge is 0.251 e. The largest absolute Gasteiger partial charge is 0.493 e. The minimum Gasteiger partial charge on any atom is -0.493 e. The van der Waals surface area contributed by atoms with Gasteiger partial charge in [-0.2, -0.15) is 15.0 Å². The van der Waals surface area contributed by atoms with Gasteiger partial charge in [-0.3, -0.25) is 4.79 Å². The summed E-state index contributed by atoms with van der Waals surface area (Å²) in [5.74, 6) is 2.67. The van der Waals surface area contributed by atoms with Crippen molar-refractivity contribution in [2.45, 2.75) is 12.8 Å². The maximum atomic E-state index is 12.0. The van der Waals surface area contributed by atoms with Crippen LogP contribution in [0.4, 0.5) is 23.5 Å². The molecule has 2 aromatic carbocycles. The number of nitrogens with one attached hydrogen (secondary N) is 3. The molecular formula is C28H37N7O5. The van der Waals surface area contributed by atoms with E-state index in [-0.39, 0.29) is 5.91 Å². The fourth-order valence-electron chi connectivity index (χ4n) is 4.09. The second-order valence-electron chi connectivity index (χ2n) is 8.94. The zero-order valence-electron chi connectivity index (χ0n) is 23.0. The summed E-state index contributed by atoms with van der Waals surface area (Å²) >= 11 is 0. The normalized spacial score (nSPS) is 12.7. The van der Waals surface area contributed by atoms with Gasteiger partial charge < -0.3 is 39.8 Å². The molecule has 0 spiro atoms. The summed E-state index contributed by atoms with van der Waals surface area (Å²) in [5, 5.41) is 9.30. The third-order valence-corrected chi connectivity index (χ3v) is 6.12. The second kappa shape index (κ2) is 15.4. The predicted molar refractivity (Wildman–Crippen MR) is 153 cm³/mol. The SMILES string of the molecule is COc1ccc(Nc2nc(NCCOCCOCCNC(=O)c3ccccc3)nc(N3CCCC3)n2)cc1OC. The maximum Gasteiger partial charge on any atom is 0.251 e. The number of rotatable bonds is 16. The number of nitrogens with zero attached hydrogens (tertiary/aromatic N) is 4. The zero-order chi connectivity index (χ0) is 28.0. The van der Waals surface area contributed by atoms with Crippen LogP contribution in [0.5, 0.6) is 11.5 Å². The number of hydrogen-bond acceptors (Lipinski definition) is 11. The van der Waals surface area contributed by atoms with Crippen LogP contribution in [0, 0.1) is 0 Å². The minimum absolute atomic E-state index is 0.111. The van der Waals surface area contributed by atoms with E-state index in [0.717, 1.165) is 31.6 Å². The molecular weight excluding hydrogens is 514 g/mol. The Bertz CT molecular complexity index is 1210. The molecule has 40 heavy (non-hydrogen) atoms. The Morgan fingerprint density at radius 2 is 1.52 bits per heavy atom. The molecule has 1 amide bonds. The number of amides is 1. The average Bonchev–Trinajstić information content (AvgIpc) is 3.54. The van der Waals surface area contributed by atoms with E-state index >= 15 is 0 Å². The molecule has 0 bridgehead atoms. The number of aromatic nitrogens is 3. The molecule has 2 heterocycles. The monoisotopic (exact) mass is 551 g/mol. The predicted octanol–water partition coefficient (Wildman–Crippen LogP) is 3.11. The topological polar surface area (TPSA) is 132 Å². The summed E-state index contributed by atoms with van der Waals surface area (Å²) in [6.07, 6.45) is 2.23. The summed E-state index contributed by atoms with van der Waals surface area (Å²) in [6.45, 7) is 4.54. The van der Waals surface area contributed by atoms with Crippen LogP contribution in [0.3, 0.4) is 0 Å². The number of carbonyl (C=O) groups is 1. The molecule has 3 N–H and O–H groups in total. The first-order valence-corrected chi connectivity index (χ1v) is 13.4. The van der Waals surface area contributed by atoms with Gasteiger partial charge in [0.25, 0.3) is 5.91 Å². The van der Waals surface area contributed by atoms with Crippen molar-refractivity contribution >= 4 is 29.4 Å². The van der Waals surface area contributed by atoms with Crippen LogP contribution >= 0.6 is 0 Å². The van der Waals surface area contributed by atoms with E-state index in [0.29, 0.717) is 74.4 Å². The van der Waals surface area contributed by atoms with Crippen molar-refractivity contribution in [3.63, 3.8) is 0 Å². The summed E-state index contributed by atoms with van der Waals surface area (Å²) in [4.78, 5) is 27.9. The Hall–Kier alpha value is -4.16. The van der Waals surface area contributed by atoms with Crippen molar-refractivity contribution in [2.24, 2.45) is 0 Å². The molecule has 1 aliphatic rings. The maximum absolute atomic E-state index is 12.0. The molecule has 0 aliphatic carbocycles. The van der Waals surface area contributed by atoms with Crippen LogP contribution < -0.4 is 30.3 Å². The summed E-state index contributed by atoms with van der Waals surface area (Å²) in [6, 6.07) is 14.6. The average molecular weight is 552 g/mol. The van der Waals surface area contributed by atoms with Crippen molar-refractivity contribution in [2.75, 3.05) is 82.4 Å². The van der Waals surface area contributed by atoms with Crippen molar-refractivity contribution in [3.8, 4) is 11.5 Å². The lowest BCUT2D eigenvalue weighted by Gasteiger charge is -2.17. The van der Waals surface area contributed by atoms with Crippen molar-refractivity contribution < 1.29 is 23.7 Å². The van der Waals surface area contributed by atoms with Crippen LogP contribution in [-0.2, 0) is 9.47 Å². The minimum atomic E-state index is -0.111. The Morgan fingerprint density at radius 3 is 2.25 bits per heavy atom. The first-order chi connectivity index (χ1) is 19.7. The van der Waals surface area contributed by atoms with Gasteiger partial charge in [0.1, 0.15) is 0 Å². The van der Waals surface area contributed by atoms with Gasteiger partial charge in [-0.15, -0.1) is 0 Å². The van der Waals surface area contributed by atoms with E-state index in [1.165, 1.54) is 0 Å². The highest BCUT2D eigenvalue weighted by Crippen LogP contribution is 2.31. The molecule has 1 saturated heterocycles. The Kier molecular flexibility index (Phi) is 11.1. The highest BCUT2D eigenvalue weighted by atomic mass is 16.5. The molecule has 4 rings (SSSR count). The van der Waals surface area contributed by atoms with Crippen LogP contribution in [0.25, 0.3) is 0 Å². The first kappa shape index (κ1) is 28.8. The molecule has 12 nitrogen and oxygen atoms in total. The Balaban J connectivity index is 1.20. The molecule has 1 aromatic heterocycles. The Labute approximate surface area is 234 Å². The van der Waals surface area contributed by atoms with Crippen molar-refractivity contribution in [1.29, 1.82) is 0 Å². The molecule has 0 atom stereocenters. The number of anilines is 4. The van der Waals surface area contributed by atoms with Gasteiger partial charge in [0.2, 0.25) is 17.8 Å². The van der Waals surface area contributed by atoms with Crippen molar-refractivity contribution in [1.82, 2.24) is 20.3 Å². The van der Waals surface area contributed by atoms with Gasteiger partial charge in [-0.05, 0) is 37.1 Å². The number of methoxy groups -OCH3 is 2. The molecule has 1 aliphatic heterocycles. The third-order valence-electron chi connectivity index (χ3n) is 6.12. The van der Waals surface area contributed by atoms with E-state index in [1.54, 1.807) is 26.4 Å². The molecule has 0 saturated carbocycles. The van der Waals surface area contributed by atoms with Gasteiger partial charge in [0.05, 0.1) is 40.6 Å². The summed E-state index contributed by atoms with van der Waals surface area (Å²) in [5.41, 5.74) is 1.40. The number of hydrogen-bond donors (Lipinski definition) is 3. The van der Waals surface area contributed by atoms with E-state index in [2.05, 4.69) is 35.8 Å². The number of benzene rings is 2. The second-order valence-corrected chi connectivity index (χ2v) is 8.94. The molecule has 0 unspecified atom stereocenters. The van der Waals surface area contributed by atoms with Gasteiger partial charge in [-0.25, -0.2) is 0 Å². The van der Waals surface area contributed by atoms with Gasteiger partial charge in [-0.1, -0.05) is 18.2 Å². The summed E-state index contributed by atoms with van der Waals surface area (Å²) in [7, 11) is 3.20. The first-order valence-electron chi connectivity index (χ1n) is 13.4. The number of carbonyl (C=O) groups excluding carboxylic acids is 1. The molecule has 1 fully saturated rings. The van der Waals surface area contributed by atoms with E-state index < -0.39 is 0 Å². The highest BCUT2D eigenvalue weighted by molar-refractivity contribution is 5.94. The van der Waals surface area contributed by atoms with Crippen molar-refractivity contribution in [3.05, 3.63) is 54.1 Å². The summed E-state index contributed by atoms with van der Waals surface area (Å²) < 4.78 is 21.9. The fourth-order valence-corrected chi connectivity index (χ4v) is 4.09. The Morgan fingerprint density at radius 1 is 0.825 bits per heavy atom. The van der Waals surface area contributed by atoms with Gasteiger partial charge in [0, 0.05) is 43.5 Å². The molecule has 3 aromatic rings. The van der Waals surface area contributed by atoms with E-state index in [4.69, 9.17) is 18.9 Å². The van der Waals surface area contributed by atoms with Crippen LogP contribution in [0.15, 0.2) is 48.5 Å². The lowest BCUT2D eigenvalue weighted by Crippen LogP contribution is -2.27. The lowest BCUT2D eigenvalue weighted by molar-refractivity contribution is 0.0519. The lowest BCUT2D eigenvalue weighted by atomic mass is 10.2. The molecule has 214 valence electrons. The van der Waals surface area contributed by atoms with E-state index in [9.17, 15) is 4.79 Å². The fraction of sp³-hybridized carbons (Fsp3) is 0.429. The zero-order valence-corrected chi connectivity index (χ0v) is 23.0. The van der Waals surface area contributed by atoms with Gasteiger partial charge >= 0.3 is 0 Å². The standard InChI is InChI=1S/C28H37N7O5/c1-37-23-11-10-22(20-24(23)38-2)31-27-32-26(33-28(34-27)35-14-6-7-15-35)30-13-17-40-19-18-39-16-12-29-25(36)21-8-4-3-5-9-21/h3-5,8-11,20H,6-7,12-19H2,1-2H3,(H,29,36)(H2,30,31,32,33,34). The molecule has 0 radical (unpaired) electrons.